The summed E-state index contributed by atoms with van der Waals surface area (Å²) in [6, 6.07) is 11.2. The fourth-order valence-corrected chi connectivity index (χ4v) is 3.86. The molecule has 8 nitrogen and oxygen atoms in total. The van der Waals surface area contributed by atoms with Crippen LogP contribution in [-0.2, 0) is 36.5 Å². The third-order valence-corrected chi connectivity index (χ3v) is 6.68. The van der Waals surface area contributed by atoms with Crippen molar-refractivity contribution in [1.82, 2.24) is 10.6 Å². The summed E-state index contributed by atoms with van der Waals surface area (Å²) in [6.07, 6.45) is 0.0591. The number of amides is 3. The molecule has 3 amide bonds. The van der Waals surface area contributed by atoms with Gasteiger partial charge in [-0.3, -0.25) is 14.4 Å². The highest BCUT2D eigenvalue weighted by Gasteiger charge is 2.51. The molecule has 0 aliphatic carbocycles. The van der Waals surface area contributed by atoms with E-state index in [0.717, 1.165) is 11.0 Å². The first kappa shape index (κ1) is 27.4. The first-order valence-corrected chi connectivity index (χ1v) is 11.8. The van der Waals surface area contributed by atoms with Crippen molar-refractivity contribution in [2.45, 2.75) is 70.7 Å². The van der Waals surface area contributed by atoms with E-state index >= 15 is 0 Å². The molecule has 4 N–H and O–H groups in total. The monoisotopic (exact) mass is 497 g/mol. The van der Waals surface area contributed by atoms with Crippen molar-refractivity contribution >= 4 is 30.3 Å². The fourth-order valence-electron chi connectivity index (χ4n) is 3.86. The summed E-state index contributed by atoms with van der Waals surface area (Å²) < 4.78 is 26.2. The van der Waals surface area contributed by atoms with E-state index in [-0.39, 0.29) is 18.4 Å². The Labute approximate surface area is 211 Å². The highest BCUT2D eigenvalue weighted by atomic mass is 19.1. The maximum absolute atomic E-state index is 14.1. The average molecular weight is 497 g/mol. The maximum atomic E-state index is 14.1. The number of benzene rings is 2. The van der Waals surface area contributed by atoms with Crippen molar-refractivity contribution in [3.63, 3.8) is 0 Å². The fraction of sp³-hybridized carbons (Fsp3) is 0.423. The Bertz CT molecular complexity index is 1110. The average Bonchev–Trinajstić information content (AvgIpc) is 3.01. The van der Waals surface area contributed by atoms with E-state index in [1.807, 2.05) is 52.0 Å². The van der Waals surface area contributed by atoms with Gasteiger partial charge in [0.1, 0.15) is 17.9 Å². The molecule has 192 valence electrons. The Hall–Kier alpha value is -3.24. The zero-order valence-electron chi connectivity index (χ0n) is 21.3. The lowest BCUT2D eigenvalue weighted by Gasteiger charge is -2.32. The van der Waals surface area contributed by atoms with Gasteiger partial charge >= 0.3 is 7.12 Å². The molecule has 1 heterocycles. The van der Waals surface area contributed by atoms with Crippen LogP contribution in [0.25, 0.3) is 0 Å². The summed E-state index contributed by atoms with van der Waals surface area (Å²) in [5.41, 5.74) is 6.47. The molecule has 1 aliphatic heterocycles. The molecule has 1 saturated heterocycles. The van der Waals surface area contributed by atoms with Crippen LogP contribution in [0.5, 0.6) is 0 Å². The van der Waals surface area contributed by atoms with Gasteiger partial charge in [0.15, 0.2) is 0 Å². The van der Waals surface area contributed by atoms with Crippen molar-refractivity contribution in [2.75, 3.05) is 0 Å². The quantitative estimate of drug-likeness (QED) is 0.453. The summed E-state index contributed by atoms with van der Waals surface area (Å²) in [6.45, 7) is 9.16. The molecule has 0 radical (unpaired) electrons. The summed E-state index contributed by atoms with van der Waals surface area (Å²) in [4.78, 5) is 36.8. The SMILES string of the molecule is CC(=O)N[C@@H](Cc1ccccc1F)C(=O)N[C@H](Cc1ccc(B2OC(C)(C)C(C)(C)O2)cc1)C(N)=O. The Balaban J connectivity index is 1.69. The summed E-state index contributed by atoms with van der Waals surface area (Å²) in [5.74, 6) is -2.31. The molecular weight excluding hydrogens is 464 g/mol. The van der Waals surface area contributed by atoms with Gasteiger partial charge in [-0.1, -0.05) is 42.5 Å². The first-order valence-electron chi connectivity index (χ1n) is 11.8. The van der Waals surface area contributed by atoms with Gasteiger partial charge in [-0.2, -0.15) is 0 Å². The Morgan fingerprint density at radius 3 is 2.03 bits per heavy atom. The van der Waals surface area contributed by atoms with Gasteiger partial charge in [-0.25, -0.2) is 4.39 Å². The van der Waals surface area contributed by atoms with Crippen LogP contribution >= 0.6 is 0 Å². The minimum atomic E-state index is -1.08. The number of carbonyl (C=O) groups excluding carboxylic acids is 3. The topological polar surface area (TPSA) is 120 Å². The van der Waals surface area contributed by atoms with Crippen LogP contribution in [0.15, 0.2) is 48.5 Å². The van der Waals surface area contributed by atoms with Crippen molar-refractivity contribution < 1.29 is 28.1 Å². The number of hydrogen-bond donors (Lipinski definition) is 3. The third kappa shape index (κ3) is 6.50. The molecule has 0 saturated carbocycles. The van der Waals surface area contributed by atoms with Gasteiger partial charge in [0.05, 0.1) is 11.2 Å². The summed E-state index contributed by atoms with van der Waals surface area (Å²) in [5, 5.41) is 5.12. The molecule has 1 aliphatic rings. The lowest BCUT2D eigenvalue weighted by atomic mass is 9.78. The molecule has 2 aromatic carbocycles. The number of carbonyl (C=O) groups is 3. The Morgan fingerprint density at radius 2 is 1.50 bits per heavy atom. The maximum Gasteiger partial charge on any atom is 0.494 e. The second-order valence-corrected chi connectivity index (χ2v) is 10.0. The van der Waals surface area contributed by atoms with Crippen molar-refractivity contribution in [2.24, 2.45) is 5.73 Å². The van der Waals surface area contributed by atoms with Gasteiger partial charge in [0.25, 0.3) is 0 Å². The van der Waals surface area contributed by atoms with Gasteiger partial charge in [0.2, 0.25) is 17.7 Å². The van der Waals surface area contributed by atoms with E-state index in [1.165, 1.54) is 25.1 Å². The zero-order chi connectivity index (χ0) is 26.7. The first-order chi connectivity index (χ1) is 16.8. The van der Waals surface area contributed by atoms with Crippen LogP contribution in [0, 0.1) is 5.82 Å². The summed E-state index contributed by atoms with van der Waals surface area (Å²) in [7, 11) is -0.521. The van der Waals surface area contributed by atoms with Crippen LogP contribution in [0.4, 0.5) is 4.39 Å². The molecule has 2 atom stereocenters. The van der Waals surface area contributed by atoms with Gasteiger partial charge in [0, 0.05) is 19.8 Å². The van der Waals surface area contributed by atoms with Gasteiger partial charge in [-0.05, 0) is 50.4 Å². The number of hydrogen-bond acceptors (Lipinski definition) is 5. The minimum absolute atomic E-state index is 0.0770. The van der Waals surface area contributed by atoms with E-state index in [4.69, 9.17) is 15.0 Å². The second-order valence-electron chi connectivity index (χ2n) is 10.0. The normalized spacial score (nSPS) is 17.8. The number of halogens is 1. The number of rotatable bonds is 9. The van der Waals surface area contributed by atoms with Crippen LogP contribution in [0.1, 0.15) is 45.7 Å². The molecular formula is C26H33BFN3O5. The second kappa shape index (κ2) is 10.8. The Kier molecular flexibility index (Phi) is 8.21. The third-order valence-electron chi connectivity index (χ3n) is 6.68. The van der Waals surface area contributed by atoms with Crippen molar-refractivity contribution in [3.05, 3.63) is 65.5 Å². The van der Waals surface area contributed by atoms with Crippen LogP contribution in [0.2, 0.25) is 0 Å². The molecule has 36 heavy (non-hydrogen) atoms. The molecule has 10 heteroatoms. The standard InChI is InChI=1S/C26H33BFN3O5/c1-16(32)30-22(15-18-8-6-7-9-20(18)28)24(34)31-21(23(29)33)14-17-10-12-19(13-11-17)27-35-25(2,3)26(4,5)36-27/h6-13,21-22H,14-15H2,1-5H3,(H2,29,33)(H,30,32)(H,31,34)/t21-,22+/m1/s1. The predicted octanol–water partition coefficient (Wildman–Crippen LogP) is 1.38. The minimum Gasteiger partial charge on any atom is -0.399 e. The molecule has 0 spiro atoms. The zero-order valence-corrected chi connectivity index (χ0v) is 21.3. The molecule has 1 fully saturated rings. The number of primary amides is 1. The smallest absolute Gasteiger partial charge is 0.399 e. The summed E-state index contributed by atoms with van der Waals surface area (Å²) >= 11 is 0. The molecule has 2 aromatic rings. The molecule has 0 aromatic heterocycles. The largest absolute Gasteiger partial charge is 0.494 e. The molecule has 0 unspecified atom stereocenters. The van der Waals surface area contributed by atoms with Crippen molar-refractivity contribution in [1.29, 1.82) is 0 Å². The number of nitrogens with two attached hydrogens (primary N) is 1. The molecule has 0 bridgehead atoms. The number of nitrogens with one attached hydrogen (secondary N) is 2. The van der Waals surface area contributed by atoms with E-state index in [1.54, 1.807) is 6.07 Å². The van der Waals surface area contributed by atoms with E-state index < -0.39 is 53.9 Å². The Morgan fingerprint density at radius 1 is 0.917 bits per heavy atom. The van der Waals surface area contributed by atoms with Crippen LogP contribution in [-0.4, -0.2) is 48.1 Å². The lowest BCUT2D eigenvalue weighted by Crippen LogP contribution is -2.54. The molecule has 3 rings (SSSR count). The van der Waals surface area contributed by atoms with Gasteiger partial charge in [-0.15, -0.1) is 0 Å². The lowest BCUT2D eigenvalue weighted by molar-refractivity contribution is -0.130. The van der Waals surface area contributed by atoms with Crippen molar-refractivity contribution in [3.8, 4) is 0 Å². The highest BCUT2D eigenvalue weighted by molar-refractivity contribution is 6.62. The van der Waals surface area contributed by atoms with Gasteiger partial charge < -0.3 is 25.7 Å². The van der Waals surface area contributed by atoms with Crippen LogP contribution < -0.4 is 21.8 Å². The van der Waals surface area contributed by atoms with E-state index in [0.29, 0.717) is 0 Å². The van der Waals surface area contributed by atoms with E-state index in [2.05, 4.69) is 10.6 Å². The van der Waals surface area contributed by atoms with Crippen LogP contribution in [0.3, 0.4) is 0 Å². The van der Waals surface area contributed by atoms with E-state index in [9.17, 15) is 18.8 Å². The predicted molar refractivity (Wildman–Crippen MR) is 135 cm³/mol. The highest BCUT2D eigenvalue weighted by Crippen LogP contribution is 2.36.